The highest BCUT2D eigenvalue weighted by atomic mass is 16.5. The number of hydrogen-bond donors (Lipinski definition) is 1. The summed E-state index contributed by atoms with van der Waals surface area (Å²) < 4.78 is 5.02. The number of rotatable bonds is 3. The Bertz CT molecular complexity index is 475. The number of ether oxygens (including phenoxy) is 1. The second-order valence-corrected chi connectivity index (χ2v) is 3.34. The third-order valence-electron chi connectivity index (χ3n) is 2.16. The molecular weight excluding hydrogens is 194 g/mol. The number of carbonyl (C=O) groups excluding carboxylic acids is 1. The van der Waals surface area contributed by atoms with Gasteiger partial charge in [0, 0.05) is 11.8 Å². The number of carbonyl (C=O) groups is 1. The standard InChI is InChI=1S/C10H13N3O2/c1-2-6-15-10(14)8-7-4-3-5-11-9(7)13-12-8/h4H,2-3,5-6H2,1H3,(H,11,13). The van der Waals surface area contributed by atoms with Crippen molar-refractivity contribution in [2.75, 3.05) is 13.2 Å². The quantitative estimate of drug-likeness (QED) is 0.697. The van der Waals surface area contributed by atoms with E-state index in [0.29, 0.717) is 17.8 Å². The highest BCUT2D eigenvalue weighted by Crippen LogP contribution is 1.93. The van der Waals surface area contributed by atoms with Gasteiger partial charge < -0.3 is 4.74 Å². The van der Waals surface area contributed by atoms with Gasteiger partial charge in [0.05, 0.1) is 6.61 Å². The molecule has 1 aliphatic heterocycles. The summed E-state index contributed by atoms with van der Waals surface area (Å²) in [6, 6.07) is 0. The summed E-state index contributed by atoms with van der Waals surface area (Å²) in [5, 5.41) is 7.44. The van der Waals surface area contributed by atoms with Crippen molar-refractivity contribution in [1.29, 1.82) is 0 Å². The van der Waals surface area contributed by atoms with Gasteiger partial charge in [-0.2, -0.15) is 5.10 Å². The van der Waals surface area contributed by atoms with Gasteiger partial charge in [-0.1, -0.05) is 13.0 Å². The van der Waals surface area contributed by atoms with E-state index in [1.807, 2.05) is 13.0 Å². The van der Waals surface area contributed by atoms with Gasteiger partial charge in [-0.15, -0.1) is 0 Å². The number of H-pyrrole nitrogens is 1. The molecule has 1 aliphatic rings. The lowest BCUT2D eigenvalue weighted by molar-refractivity contribution is 0.0497. The van der Waals surface area contributed by atoms with Crippen molar-refractivity contribution < 1.29 is 9.53 Å². The maximum Gasteiger partial charge on any atom is 0.359 e. The zero-order valence-electron chi connectivity index (χ0n) is 8.62. The molecule has 5 heteroatoms. The minimum Gasteiger partial charge on any atom is -0.461 e. The first-order chi connectivity index (χ1) is 7.33. The van der Waals surface area contributed by atoms with Crippen LogP contribution in [0.5, 0.6) is 0 Å². The number of nitrogens with zero attached hydrogens (tertiary/aromatic N) is 2. The van der Waals surface area contributed by atoms with Gasteiger partial charge in [0.1, 0.15) is 0 Å². The lowest BCUT2D eigenvalue weighted by Gasteiger charge is -1.99. The van der Waals surface area contributed by atoms with Crippen LogP contribution in [0.2, 0.25) is 0 Å². The Hall–Kier alpha value is -1.65. The van der Waals surface area contributed by atoms with Crippen LogP contribution in [0.3, 0.4) is 0 Å². The molecule has 0 bridgehead atoms. The topological polar surface area (TPSA) is 67.3 Å². The molecule has 0 saturated heterocycles. The molecule has 0 fully saturated rings. The first kappa shape index (κ1) is 9.89. The van der Waals surface area contributed by atoms with Crippen LogP contribution in [-0.4, -0.2) is 29.3 Å². The van der Waals surface area contributed by atoms with E-state index in [1.165, 1.54) is 0 Å². The monoisotopic (exact) mass is 207 g/mol. The number of aromatic amines is 1. The maximum atomic E-state index is 11.6. The summed E-state index contributed by atoms with van der Waals surface area (Å²) in [5.41, 5.74) is 1.03. The van der Waals surface area contributed by atoms with Crippen molar-refractivity contribution in [3.63, 3.8) is 0 Å². The van der Waals surface area contributed by atoms with Crippen molar-refractivity contribution in [3.8, 4) is 0 Å². The van der Waals surface area contributed by atoms with E-state index in [0.717, 1.165) is 24.6 Å². The van der Waals surface area contributed by atoms with Crippen LogP contribution >= 0.6 is 0 Å². The SMILES string of the molecule is CCCOC(=O)c1n[nH]c2c1=CCCN=2. The molecule has 1 N–H and O–H groups in total. The summed E-state index contributed by atoms with van der Waals surface area (Å²) in [6.45, 7) is 3.13. The van der Waals surface area contributed by atoms with Crippen molar-refractivity contribution in [3.05, 3.63) is 16.4 Å². The molecule has 0 aliphatic carbocycles. The van der Waals surface area contributed by atoms with Crippen LogP contribution < -0.4 is 10.7 Å². The lowest BCUT2D eigenvalue weighted by atomic mass is 10.2. The average Bonchev–Trinajstić information content (AvgIpc) is 2.69. The van der Waals surface area contributed by atoms with Crippen LogP contribution in [-0.2, 0) is 4.74 Å². The van der Waals surface area contributed by atoms with Crippen molar-refractivity contribution >= 4 is 12.0 Å². The fourth-order valence-corrected chi connectivity index (χ4v) is 1.46. The van der Waals surface area contributed by atoms with Crippen LogP contribution in [0.15, 0.2) is 4.99 Å². The van der Waals surface area contributed by atoms with Gasteiger partial charge in [0.15, 0.2) is 11.2 Å². The summed E-state index contributed by atoms with van der Waals surface area (Å²) in [7, 11) is 0. The molecule has 2 rings (SSSR count). The Balaban J connectivity index is 2.30. The van der Waals surface area contributed by atoms with E-state index in [1.54, 1.807) is 0 Å². The Morgan fingerprint density at radius 1 is 1.67 bits per heavy atom. The molecule has 0 amide bonds. The molecule has 1 aromatic heterocycles. The molecule has 0 aromatic carbocycles. The number of esters is 1. The lowest BCUT2D eigenvalue weighted by Crippen LogP contribution is -2.30. The zero-order valence-corrected chi connectivity index (χ0v) is 8.62. The molecule has 0 radical (unpaired) electrons. The molecule has 1 aromatic rings. The fraction of sp³-hybridized carbons (Fsp3) is 0.500. The highest BCUT2D eigenvalue weighted by Gasteiger charge is 2.14. The molecule has 0 atom stereocenters. The van der Waals surface area contributed by atoms with E-state index >= 15 is 0 Å². The Morgan fingerprint density at radius 2 is 2.53 bits per heavy atom. The van der Waals surface area contributed by atoms with Crippen molar-refractivity contribution in [1.82, 2.24) is 10.2 Å². The number of fused-ring (bicyclic) bond motifs is 1. The first-order valence-corrected chi connectivity index (χ1v) is 5.09. The van der Waals surface area contributed by atoms with E-state index in [2.05, 4.69) is 15.2 Å². The Labute approximate surface area is 86.9 Å². The minimum atomic E-state index is -0.372. The predicted molar refractivity (Wildman–Crippen MR) is 53.9 cm³/mol. The average molecular weight is 207 g/mol. The maximum absolute atomic E-state index is 11.6. The third-order valence-corrected chi connectivity index (χ3v) is 2.16. The molecule has 5 nitrogen and oxygen atoms in total. The molecule has 0 unspecified atom stereocenters. The second kappa shape index (κ2) is 4.25. The number of nitrogens with one attached hydrogen (secondary N) is 1. The van der Waals surface area contributed by atoms with Gasteiger partial charge in [-0.05, 0) is 12.8 Å². The predicted octanol–water partition coefficient (Wildman–Crippen LogP) is -0.220. The molecule has 0 saturated carbocycles. The Morgan fingerprint density at radius 3 is 3.33 bits per heavy atom. The van der Waals surface area contributed by atoms with Gasteiger partial charge in [0.25, 0.3) is 0 Å². The fourth-order valence-electron chi connectivity index (χ4n) is 1.46. The molecule has 0 spiro atoms. The molecule has 2 heterocycles. The van der Waals surface area contributed by atoms with Crippen molar-refractivity contribution in [2.24, 2.45) is 4.99 Å². The number of hydrogen-bond acceptors (Lipinski definition) is 4. The number of aromatic nitrogens is 2. The first-order valence-electron chi connectivity index (χ1n) is 5.09. The van der Waals surface area contributed by atoms with Crippen molar-refractivity contribution in [2.45, 2.75) is 19.8 Å². The second-order valence-electron chi connectivity index (χ2n) is 3.34. The summed E-state index contributed by atoms with van der Waals surface area (Å²) in [5.74, 6) is -0.372. The van der Waals surface area contributed by atoms with Gasteiger partial charge in [-0.25, -0.2) is 4.79 Å². The van der Waals surface area contributed by atoms with Gasteiger partial charge in [0.2, 0.25) is 0 Å². The third kappa shape index (κ3) is 1.91. The molecule has 15 heavy (non-hydrogen) atoms. The zero-order chi connectivity index (χ0) is 10.7. The normalized spacial score (nSPS) is 13.7. The summed E-state index contributed by atoms with van der Waals surface area (Å²) >= 11 is 0. The van der Waals surface area contributed by atoms with Crippen LogP contribution in [0.1, 0.15) is 30.3 Å². The highest BCUT2D eigenvalue weighted by molar-refractivity contribution is 5.87. The van der Waals surface area contributed by atoms with E-state index in [-0.39, 0.29) is 5.97 Å². The minimum absolute atomic E-state index is 0.349. The van der Waals surface area contributed by atoms with Gasteiger partial charge in [-0.3, -0.25) is 10.1 Å². The van der Waals surface area contributed by atoms with E-state index < -0.39 is 0 Å². The molecule has 80 valence electrons. The van der Waals surface area contributed by atoms with E-state index in [4.69, 9.17) is 4.74 Å². The van der Waals surface area contributed by atoms with Gasteiger partial charge >= 0.3 is 5.97 Å². The van der Waals surface area contributed by atoms with Crippen LogP contribution in [0.25, 0.3) is 6.08 Å². The van der Waals surface area contributed by atoms with E-state index in [9.17, 15) is 4.79 Å². The summed E-state index contributed by atoms with van der Waals surface area (Å²) in [4.78, 5) is 15.8. The Kier molecular flexibility index (Phi) is 2.80. The largest absolute Gasteiger partial charge is 0.461 e. The summed E-state index contributed by atoms with van der Waals surface area (Å²) in [6.07, 6.45) is 3.63. The molecular formula is C10H13N3O2. The smallest absolute Gasteiger partial charge is 0.359 e. The van der Waals surface area contributed by atoms with Crippen LogP contribution in [0, 0.1) is 0 Å². The van der Waals surface area contributed by atoms with Crippen LogP contribution in [0.4, 0.5) is 0 Å².